The average Bonchev–Trinajstić information content (AvgIpc) is 2.81. The Hall–Kier alpha value is -3.42. The normalized spacial score (nSPS) is 17.5. The molecule has 0 radical (unpaired) electrons. The fourth-order valence-corrected chi connectivity index (χ4v) is 4.04. The first-order chi connectivity index (χ1) is 16.9. The number of methoxy groups -OCH3 is 1. The molecule has 0 saturated carbocycles. The van der Waals surface area contributed by atoms with Crippen LogP contribution in [0.5, 0.6) is 11.5 Å². The van der Waals surface area contributed by atoms with Crippen LogP contribution in [0.25, 0.3) is 0 Å². The Morgan fingerprint density at radius 2 is 1.86 bits per heavy atom. The molecule has 0 aliphatic carbocycles. The molecule has 1 aliphatic rings. The summed E-state index contributed by atoms with van der Waals surface area (Å²) in [5.41, 5.74) is 1.27. The quantitative estimate of drug-likeness (QED) is 0.582. The van der Waals surface area contributed by atoms with Gasteiger partial charge in [-0.1, -0.05) is 12.5 Å². The molecule has 2 aromatic carbocycles. The minimum Gasteiger partial charge on any atom is -0.497 e. The van der Waals surface area contributed by atoms with Crippen molar-refractivity contribution >= 4 is 23.3 Å². The highest BCUT2D eigenvalue weighted by Gasteiger charge is 2.24. The van der Waals surface area contributed by atoms with Gasteiger partial charge in [0.15, 0.2) is 6.61 Å². The van der Waals surface area contributed by atoms with E-state index in [9.17, 15) is 18.8 Å². The van der Waals surface area contributed by atoms with Gasteiger partial charge in [-0.25, -0.2) is 9.18 Å². The van der Waals surface area contributed by atoms with Gasteiger partial charge in [0.2, 0.25) is 0 Å². The highest BCUT2D eigenvalue weighted by molar-refractivity contribution is 5.95. The van der Waals surface area contributed by atoms with Crippen LogP contribution in [-0.4, -0.2) is 37.5 Å². The van der Waals surface area contributed by atoms with Crippen LogP contribution in [0, 0.1) is 5.82 Å². The van der Waals surface area contributed by atoms with Crippen molar-refractivity contribution in [1.82, 2.24) is 0 Å². The highest BCUT2D eigenvalue weighted by Crippen LogP contribution is 2.32. The number of amides is 1. The van der Waals surface area contributed by atoms with Crippen molar-refractivity contribution in [1.29, 1.82) is 0 Å². The van der Waals surface area contributed by atoms with Gasteiger partial charge in [0, 0.05) is 24.6 Å². The number of ketones is 1. The summed E-state index contributed by atoms with van der Waals surface area (Å²) in [6.07, 6.45) is 4.91. The monoisotopic (exact) mass is 485 g/mol. The van der Waals surface area contributed by atoms with Gasteiger partial charge < -0.3 is 19.5 Å². The second-order valence-electron chi connectivity index (χ2n) is 8.71. The van der Waals surface area contributed by atoms with Crippen molar-refractivity contribution in [3.8, 4) is 11.5 Å². The number of benzene rings is 2. The zero-order chi connectivity index (χ0) is 25.2. The third-order valence-corrected chi connectivity index (χ3v) is 5.84. The van der Waals surface area contributed by atoms with Crippen LogP contribution in [0.4, 0.5) is 10.1 Å². The number of halogens is 1. The molecule has 0 fully saturated rings. The number of hydrogen-bond acceptors (Lipinski definition) is 6. The Kier molecular flexibility index (Phi) is 9.64. The summed E-state index contributed by atoms with van der Waals surface area (Å²) in [6, 6.07) is 8.87. The number of fused-ring (bicyclic) bond motifs is 1. The van der Waals surface area contributed by atoms with E-state index in [-0.39, 0.29) is 29.8 Å². The van der Waals surface area contributed by atoms with Crippen molar-refractivity contribution in [2.24, 2.45) is 0 Å². The first kappa shape index (κ1) is 26.2. The number of rotatable bonds is 5. The second kappa shape index (κ2) is 12.9. The van der Waals surface area contributed by atoms with E-state index >= 15 is 0 Å². The van der Waals surface area contributed by atoms with Gasteiger partial charge in [0.05, 0.1) is 13.2 Å². The third-order valence-electron chi connectivity index (χ3n) is 5.84. The first-order valence-corrected chi connectivity index (χ1v) is 12.0. The summed E-state index contributed by atoms with van der Waals surface area (Å²) in [4.78, 5) is 37.6. The van der Waals surface area contributed by atoms with Crippen molar-refractivity contribution < 1.29 is 33.0 Å². The van der Waals surface area contributed by atoms with Crippen molar-refractivity contribution in [2.45, 2.75) is 64.4 Å². The van der Waals surface area contributed by atoms with Crippen LogP contribution in [0.15, 0.2) is 36.4 Å². The molecule has 3 rings (SSSR count). The molecule has 8 heteroatoms. The zero-order valence-electron chi connectivity index (χ0n) is 20.2. The molecule has 2 aromatic rings. The Balaban J connectivity index is 1.82. The average molecular weight is 486 g/mol. The fraction of sp³-hybridized carbons (Fsp3) is 0.444. The van der Waals surface area contributed by atoms with Crippen molar-refractivity contribution in [3.05, 3.63) is 53.3 Å². The Bertz CT molecular complexity index is 1050. The molecule has 0 saturated heterocycles. The number of carbonyl (C=O) groups is 3. The smallest absolute Gasteiger partial charge is 0.342 e. The van der Waals surface area contributed by atoms with E-state index in [1.165, 1.54) is 25.3 Å². The number of esters is 1. The summed E-state index contributed by atoms with van der Waals surface area (Å²) in [5.74, 6) is -0.590. The molecule has 35 heavy (non-hydrogen) atoms. The SMILES string of the molecule is COc1cc2c(c(OCC(=O)Nc3cccc(F)c3)c1)C(=O)OC(C)CCCC(=O)CCCCC2. The van der Waals surface area contributed by atoms with Crippen LogP contribution in [0.2, 0.25) is 0 Å². The van der Waals surface area contributed by atoms with Gasteiger partial charge >= 0.3 is 5.97 Å². The predicted octanol–water partition coefficient (Wildman–Crippen LogP) is 5.25. The van der Waals surface area contributed by atoms with Crippen LogP contribution in [0.1, 0.15) is 67.8 Å². The lowest BCUT2D eigenvalue weighted by Gasteiger charge is -2.19. The molecule has 1 atom stereocenters. The molecule has 1 heterocycles. The Morgan fingerprint density at radius 3 is 2.63 bits per heavy atom. The minimum atomic E-state index is -0.543. The summed E-state index contributed by atoms with van der Waals surface area (Å²) >= 11 is 0. The molecule has 1 N–H and O–H groups in total. The maximum absolute atomic E-state index is 13.4. The Morgan fingerprint density at radius 1 is 1.09 bits per heavy atom. The minimum absolute atomic E-state index is 0.188. The summed E-state index contributed by atoms with van der Waals surface area (Å²) in [6.45, 7) is 1.41. The third kappa shape index (κ3) is 8.09. The van der Waals surface area contributed by atoms with E-state index < -0.39 is 17.7 Å². The van der Waals surface area contributed by atoms with E-state index in [0.29, 0.717) is 49.1 Å². The molecule has 0 spiro atoms. The van der Waals surface area contributed by atoms with Crippen LogP contribution in [0.3, 0.4) is 0 Å². The molecule has 7 nitrogen and oxygen atoms in total. The van der Waals surface area contributed by atoms with E-state index in [2.05, 4.69) is 5.32 Å². The van der Waals surface area contributed by atoms with Gasteiger partial charge in [0.25, 0.3) is 5.91 Å². The fourth-order valence-electron chi connectivity index (χ4n) is 4.04. The number of aryl methyl sites for hydroxylation is 1. The summed E-state index contributed by atoms with van der Waals surface area (Å²) < 4.78 is 30.2. The molecule has 188 valence electrons. The van der Waals surface area contributed by atoms with Crippen molar-refractivity contribution in [2.75, 3.05) is 19.0 Å². The topological polar surface area (TPSA) is 90.9 Å². The summed E-state index contributed by atoms with van der Waals surface area (Å²) in [7, 11) is 1.51. The van der Waals surface area contributed by atoms with Crippen LogP contribution < -0.4 is 14.8 Å². The molecule has 1 aliphatic heterocycles. The number of hydrogen-bond donors (Lipinski definition) is 1. The number of carbonyl (C=O) groups excluding carboxylic acids is 3. The number of nitrogens with one attached hydrogen (secondary N) is 1. The van der Waals surface area contributed by atoms with Gasteiger partial charge in [-0.2, -0.15) is 0 Å². The molecule has 1 amide bonds. The largest absolute Gasteiger partial charge is 0.497 e. The molecule has 0 bridgehead atoms. The number of ether oxygens (including phenoxy) is 3. The molecule has 0 aromatic heterocycles. The highest BCUT2D eigenvalue weighted by atomic mass is 19.1. The van der Waals surface area contributed by atoms with E-state index in [1.807, 2.05) is 0 Å². The number of Topliss-reactive ketones (excluding diaryl/α,β-unsaturated/α-hetero) is 1. The zero-order valence-corrected chi connectivity index (χ0v) is 20.2. The van der Waals surface area contributed by atoms with Crippen molar-refractivity contribution in [3.63, 3.8) is 0 Å². The Labute approximate surface area is 204 Å². The second-order valence-corrected chi connectivity index (χ2v) is 8.71. The van der Waals surface area contributed by atoms with E-state index in [0.717, 1.165) is 19.3 Å². The standard InChI is InChI=1S/C27H32FNO6/c1-18-8-6-13-22(30)12-5-3-4-9-19-14-23(33-2)16-24(26(19)27(32)35-18)34-17-25(31)29-21-11-7-10-20(28)15-21/h7,10-11,14-16,18H,3-6,8-9,12-13,17H2,1-2H3,(H,29,31). The maximum Gasteiger partial charge on any atom is 0.342 e. The summed E-state index contributed by atoms with van der Waals surface area (Å²) in [5, 5.41) is 2.57. The lowest BCUT2D eigenvalue weighted by molar-refractivity contribution is -0.119. The lowest BCUT2D eigenvalue weighted by atomic mass is 9.98. The maximum atomic E-state index is 13.4. The van der Waals surface area contributed by atoms with E-state index in [1.54, 1.807) is 25.1 Å². The molecular weight excluding hydrogens is 453 g/mol. The van der Waals surface area contributed by atoms with E-state index in [4.69, 9.17) is 14.2 Å². The van der Waals surface area contributed by atoms with Crippen LogP contribution in [-0.2, 0) is 20.7 Å². The number of anilines is 1. The van der Waals surface area contributed by atoms with Crippen LogP contribution >= 0.6 is 0 Å². The van der Waals surface area contributed by atoms with Gasteiger partial charge in [-0.3, -0.25) is 9.59 Å². The molecular formula is C27H32FNO6. The number of cyclic esters (lactones) is 1. The lowest BCUT2D eigenvalue weighted by Crippen LogP contribution is -2.22. The van der Waals surface area contributed by atoms with Gasteiger partial charge in [-0.15, -0.1) is 0 Å². The van der Waals surface area contributed by atoms with Gasteiger partial charge in [0.1, 0.15) is 28.7 Å². The predicted molar refractivity (Wildman–Crippen MR) is 129 cm³/mol. The molecule has 1 unspecified atom stereocenters. The van der Waals surface area contributed by atoms with Gasteiger partial charge in [-0.05, 0) is 68.9 Å². The first-order valence-electron chi connectivity index (χ1n) is 12.0.